The molecule has 270 valence electrons. The van der Waals surface area contributed by atoms with Crippen molar-refractivity contribution in [1.82, 2.24) is 9.97 Å². The van der Waals surface area contributed by atoms with Gasteiger partial charge in [0.1, 0.15) is 24.2 Å². The van der Waals surface area contributed by atoms with Crippen LogP contribution in [-0.2, 0) is 29.6 Å². The van der Waals surface area contributed by atoms with Crippen molar-refractivity contribution in [2.75, 3.05) is 30.6 Å². The third kappa shape index (κ3) is 10.8. The van der Waals surface area contributed by atoms with Gasteiger partial charge in [-0.05, 0) is 84.0 Å². The topological polar surface area (TPSA) is 130 Å². The molecule has 0 aliphatic carbocycles. The molecule has 4 rings (SSSR count). The van der Waals surface area contributed by atoms with Gasteiger partial charge < -0.3 is 14.2 Å². The molecule has 10 heteroatoms. The summed E-state index contributed by atoms with van der Waals surface area (Å²) in [6.45, 7) is 19.0. The first-order valence-electron chi connectivity index (χ1n) is 17.4. The van der Waals surface area contributed by atoms with E-state index < -0.39 is 11.5 Å². The van der Waals surface area contributed by atoms with Crippen LogP contribution in [0.4, 0.5) is 16.4 Å². The SMILES string of the molecule is C=C(C)c1ccc(NC(=O)OCCCOc2c(C#N)cc(C(C)(C)c3ccc(OCc4ccnc(N(C)O)n4)cc3)cc2CC)cc1CC.CC. The molecule has 4 aromatic rings. The normalized spacial score (nSPS) is 10.7. The number of rotatable bonds is 15. The van der Waals surface area contributed by atoms with Crippen LogP contribution in [0.1, 0.15) is 94.0 Å². The fraction of sp³-hybridized carbons (Fsp3) is 0.366. The van der Waals surface area contributed by atoms with Gasteiger partial charge in [-0.1, -0.05) is 78.0 Å². The first-order chi connectivity index (χ1) is 24.5. The Morgan fingerprint density at radius 2 is 1.69 bits per heavy atom. The van der Waals surface area contributed by atoms with Gasteiger partial charge in [-0.2, -0.15) is 5.26 Å². The molecule has 0 atom stereocenters. The van der Waals surface area contributed by atoms with Gasteiger partial charge in [0.2, 0.25) is 5.95 Å². The molecule has 10 nitrogen and oxygen atoms in total. The van der Waals surface area contributed by atoms with Gasteiger partial charge in [0, 0.05) is 30.8 Å². The molecule has 0 fully saturated rings. The van der Waals surface area contributed by atoms with E-state index in [0.29, 0.717) is 47.9 Å². The lowest BCUT2D eigenvalue weighted by Crippen LogP contribution is -2.20. The summed E-state index contributed by atoms with van der Waals surface area (Å²) >= 11 is 0. The van der Waals surface area contributed by atoms with Crippen molar-refractivity contribution in [1.29, 1.82) is 5.26 Å². The monoisotopic (exact) mass is 693 g/mol. The summed E-state index contributed by atoms with van der Waals surface area (Å²) in [5.41, 5.74) is 7.52. The van der Waals surface area contributed by atoms with E-state index in [-0.39, 0.29) is 19.2 Å². The number of ether oxygens (including phenoxy) is 3. The standard InChI is InChI=1S/C39H45N5O5.C2H6/c1-8-27-23-32(13-16-35(27)26(3)4)43-38(45)48-20-10-19-47-36-28(9-2)21-31(22-29(36)24-40)39(5,6)30-11-14-34(15-12-30)49-25-33-17-18-41-37(42-33)44(7)46;1-2/h11-18,21-23,46H,3,8-10,19-20,25H2,1-2,4-7H3,(H,43,45);1-2H3. The van der Waals surface area contributed by atoms with Gasteiger partial charge in [0.25, 0.3) is 0 Å². The minimum Gasteiger partial charge on any atom is -0.492 e. The third-order valence-corrected chi connectivity index (χ3v) is 8.30. The predicted octanol–water partition coefficient (Wildman–Crippen LogP) is 9.28. The Morgan fingerprint density at radius 1 is 0.980 bits per heavy atom. The molecule has 0 aliphatic heterocycles. The Kier molecular flexibility index (Phi) is 15.0. The van der Waals surface area contributed by atoms with Gasteiger partial charge in [-0.25, -0.2) is 19.8 Å². The van der Waals surface area contributed by atoms with Gasteiger partial charge in [-0.3, -0.25) is 10.5 Å². The first kappa shape index (κ1) is 40.0. The van der Waals surface area contributed by atoms with Crippen LogP contribution in [0, 0.1) is 11.3 Å². The quantitative estimate of drug-likeness (QED) is 0.0924. The Hall–Kier alpha value is -5.40. The van der Waals surface area contributed by atoms with Crippen LogP contribution >= 0.6 is 0 Å². The van der Waals surface area contributed by atoms with Gasteiger partial charge >= 0.3 is 6.09 Å². The largest absolute Gasteiger partial charge is 0.492 e. The molecule has 1 aromatic heterocycles. The van der Waals surface area contributed by atoms with Gasteiger partial charge in [0.15, 0.2) is 0 Å². The van der Waals surface area contributed by atoms with Crippen LogP contribution in [0.15, 0.2) is 73.4 Å². The highest BCUT2D eigenvalue weighted by molar-refractivity contribution is 5.85. The van der Waals surface area contributed by atoms with Crippen LogP contribution < -0.4 is 19.9 Å². The minimum atomic E-state index is -0.529. The summed E-state index contributed by atoms with van der Waals surface area (Å²) in [7, 11) is 1.46. The van der Waals surface area contributed by atoms with Crippen molar-refractivity contribution in [2.24, 2.45) is 0 Å². The number of nitrogens with zero attached hydrogens (tertiary/aromatic N) is 4. The van der Waals surface area contributed by atoms with Crippen molar-refractivity contribution >= 4 is 23.3 Å². The zero-order valence-corrected chi connectivity index (χ0v) is 31.2. The molecule has 0 bridgehead atoms. The van der Waals surface area contributed by atoms with Gasteiger partial charge in [0.05, 0.1) is 24.5 Å². The summed E-state index contributed by atoms with van der Waals surface area (Å²) in [6.07, 6.45) is 3.02. The molecule has 0 spiro atoms. The maximum atomic E-state index is 12.4. The van der Waals surface area contributed by atoms with E-state index in [9.17, 15) is 15.3 Å². The summed E-state index contributed by atoms with van der Waals surface area (Å²) in [4.78, 5) is 20.7. The number of aryl methyl sites for hydroxylation is 2. The van der Waals surface area contributed by atoms with Crippen LogP contribution in [0.2, 0.25) is 0 Å². The maximum absolute atomic E-state index is 12.4. The van der Waals surface area contributed by atoms with Crippen LogP contribution in [0.3, 0.4) is 0 Å². The number of nitrogens with one attached hydrogen (secondary N) is 1. The zero-order valence-electron chi connectivity index (χ0n) is 31.2. The zero-order chi connectivity index (χ0) is 37.6. The number of carbonyl (C=O) groups is 1. The summed E-state index contributed by atoms with van der Waals surface area (Å²) in [6, 6.07) is 21.6. The molecule has 0 saturated heterocycles. The lowest BCUT2D eigenvalue weighted by Gasteiger charge is -2.28. The Morgan fingerprint density at radius 3 is 2.31 bits per heavy atom. The molecule has 3 aromatic carbocycles. The molecular formula is C41H51N5O5. The molecule has 51 heavy (non-hydrogen) atoms. The molecule has 0 radical (unpaired) electrons. The van der Waals surface area contributed by atoms with E-state index in [4.69, 9.17) is 14.2 Å². The number of aromatic nitrogens is 2. The average Bonchev–Trinajstić information content (AvgIpc) is 3.14. The van der Waals surface area contributed by atoms with Crippen LogP contribution in [-0.4, -0.2) is 41.5 Å². The molecular weight excluding hydrogens is 642 g/mol. The highest BCUT2D eigenvalue weighted by Crippen LogP contribution is 2.37. The van der Waals surface area contributed by atoms with Crippen LogP contribution in [0.5, 0.6) is 11.5 Å². The minimum absolute atomic E-state index is 0.171. The number of amides is 1. The summed E-state index contributed by atoms with van der Waals surface area (Å²) < 4.78 is 17.4. The van der Waals surface area contributed by atoms with E-state index in [0.717, 1.165) is 44.9 Å². The number of allylic oxidation sites excluding steroid dienone is 1. The maximum Gasteiger partial charge on any atom is 0.411 e. The van der Waals surface area contributed by atoms with Crippen molar-refractivity contribution in [2.45, 2.75) is 79.8 Å². The molecule has 0 aliphatic rings. The fourth-order valence-corrected chi connectivity index (χ4v) is 5.41. The van der Waals surface area contributed by atoms with E-state index in [1.54, 1.807) is 12.3 Å². The second-order valence-electron chi connectivity index (χ2n) is 12.3. The van der Waals surface area contributed by atoms with E-state index in [1.807, 2.05) is 76.2 Å². The van der Waals surface area contributed by atoms with Crippen LogP contribution in [0.25, 0.3) is 5.57 Å². The van der Waals surface area contributed by atoms with E-state index in [1.165, 1.54) is 7.05 Å². The second kappa shape index (κ2) is 19.1. The lowest BCUT2D eigenvalue weighted by molar-refractivity contribution is 0.151. The lowest BCUT2D eigenvalue weighted by atomic mass is 9.77. The van der Waals surface area contributed by atoms with Crippen molar-refractivity contribution in [3.8, 4) is 17.6 Å². The van der Waals surface area contributed by atoms with Crippen molar-refractivity contribution in [3.63, 3.8) is 0 Å². The van der Waals surface area contributed by atoms with Crippen molar-refractivity contribution in [3.05, 3.63) is 113 Å². The predicted molar refractivity (Wildman–Crippen MR) is 203 cm³/mol. The fourth-order valence-electron chi connectivity index (χ4n) is 5.41. The number of benzene rings is 3. The molecule has 1 amide bonds. The van der Waals surface area contributed by atoms with Gasteiger partial charge in [-0.15, -0.1) is 0 Å². The molecule has 0 saturated carbocycles. The number of hydroxylamine groups is 1. The highest BCUT2D eigenvalue weighted by atomic mass is 16.5. The highest BCUT2D eigenvalue weighted by Gasteiger charge is 2.26. The number of carbonyl (C=O) groups excluding carboxylic acids is 1. The second-order valence-corrected chi connectivity index (χ2v) is 12.3. The third-order valence-electron chi connectivity index (χ3n) is 8.30. The number of hydrogen-bond acceptors (Lipinski definition) is 9. The Balaban J connectivity index is 0.00000345. The van der Waals surface area contributed by atoms with E-state index in [2.05, 4.69) is 54.8 Å². The number of anilines is 2. The molecule has 2 N–H and O–H groups in total. The Labute approximate surface area is 302 Å². The van der Waals surface area contributed by atoms with E-state index >= 15 is 0 Å². The summed E-state index contributed by atoms with van der Waals surface area (Å²) in [5, 5.41) is 23.3. The molecule has 1 heterocycles. The number of hydrogen-bond donors (Lipinski definition) is 2. The Bertz CT molecular complexity index is 1810. The molecule has 0 unspecified atom stereocenters. The smallest absolute Gasteiger partial charge is 0.411 e. The average molecular weight is 694 g/mol. The van der Waals surface area contributed by atoms with Crippen molar-refractivity contribution < 1.29 is 24.2 Å². The summed E-state index contributed by atoms with van der Waals surface area (Å²) in [5.74, 6) is 1.43. The first-order valence-corrected chi connectivity index (χ1v) is 17.4. The number of nitriles is 1.